The molecule has 1 aromatic carbocycles. The second-order valence-corrected chi connectivity index (χ2v) is 4.56. The van der Waals surface area contributed by atoms with Crippen LogP contribution in [0.25, 0.3) is 0 Å². The van der Waals surface area contributed by atoms with Crippen LogP contribution in [0.5, 0.6) is 0 Å². The van der Waals surface area contributed by atoms with Gasteiger partial charge in [0.1, 0.15) is 11.6 Å². The van der Waals surface area contributed by atoms with E-state index >= 15 is 0 Å². The summed E-state index contributed by atoms with van der Waals surface area (Å²) in [4.78, 5) is 8.64. The highest BCUT2D eigenvalue weighted by atomic mass is 15.1. The summed E-state index contributed by atoms with van der Waals surface area (Å²) in [6.07, 6.45) is 4.56. The van der Waals surface area contributed by atoms with Crippen LogP contribution in [0.4, 0.5) is 11.6 Å². The van der Waals surface area contributed by atoms with Crippen molar-refractivity contribution in [3.8, 4) is 0 Å². The molecule has 0 saturated carbocycles. The largest absolute Gasteiger partial charge is 0.369 e. The van der Waals surface area contributed by atoms with Crippen molar-refractivity contribution >= 4 is 11.6 Å². The Morgan fingerprint density at radius 2 is 1.89 bits per heavy atom. The normalized spacial score (nSPS) is 10.2. The lowest BCUT2D eigenvalue weighted by molar-refractivity contribution is 0.962. The average molecular weight is 256 g/mol. The first kappa shape index (κ1) is 13.3. The van der Waals surface area contributed by atoms with Crippen molar-refractivity contribution in [1.82, 2.24) is 9.97 Å². The standard InChI is InChI=1S/C15H20N4/c1-3-7-17-14-10-16-11-15(19-14)18-9-13-6-4-5-12(2)8-13/h4-6,8,10-11H,3,7,9H2,1-2H3,(H2,17,18,19). The lowest BCUT2D eigenvalue weighted by atomic mass is 10.1. The molecule has 2 rings (SSSR count). The molecule has 0 aliphatic carbocycles. The third-order valence-corrected chi connectivity index (χ3v) is 2.75. The quantitative estimate of drug-likeness (QED) is 0.833. The minimum absolute atomic E-state index is 0.758. The predicted molar refractivity (Wildman–Crippen MR) is 79.3 cm³/mol. The Kier molecular flexibility index (Phi) is 4.72. The number of benzene rings is 1. The second-order valence-electron chi connectivity index (χ2n) is 4.56. The van der Waals surface area contributed by atoms with Gasteiger partial charge in [-0.05, 0) is 18.9 Å². The Balaban J connectivity index is 1.95. The predicted octanol–water partition coefficient (Wildman–Crippen LogP) is 3.22. The van der Waals surface area contributed by atoms with Gasteiger partial charge in [-0.3, -0.25) is 4.98 Å². The van der Waals surface area contributed by atoms with Crippen LogP contribution in [-0.4, -0.2) is 16.5 Å². The maximum atomic E-state index is 4.46. The van der Waals surface area contributed by atoms with Crippen molar-refractivity contribution in [2.75, 3.05) is 17.2 Å². The molecule has 4 nitrogen and oxygen atoms in total. The van der Waals surface area contributed by atoms with Crippen molar-refractivity contribution < 1.29 is 0 Å². The molecule has 2 N–H and O–H groups in total. The number of aromatic nitrogens is 2. The lowest BCUT2D eigenvalue weighted by Gasteiger charge is -2.08. The summed E-state index contributed by atoms with van der Waals surface area (Å²) in [5, 5.41) is 6.52. The highest BCUT2D eigenvalue weighted by molar-refractivity contribution is 5.42. The van der Waals surface area contributed by atoms with Crippen molar-refractivity contribution in [1.29, 1.82) is 0 Å². The SMILES string of the molecule is CCCNc1cncc(NCc2cccc(C)c2)n1. The molecule has 0 aliphatic heterocycles. The van der Waals surface area contributed by atoms with Gasteiger partial charge in [-0.25, -0.2) is 4.98 Å². The molecule has 0 atom stereocenters. The molecule has 19 heavy (non-hydrogen) atoms. The Labute approximate surface area is 114 Å². The first-order valence-corrected chi connectivity index (χ1v) is 6.63. The summed E-state index contributed by atoms with van der Waals surface area (Å²) in [6.45, 7) is 5.89. The highest BCUT2D eigenvalue weighted by Crippen LogP contribution is 2.10. The average Bonchev–Trinajstić information content (AvgIpc) is 2.43. The van der Waals surface area contributed by atoms with Crippen molar-refractivity contribution in [2.45, 2.75) is 26.8 Å². The third-order valence-electron chi connectivity index (χ3n) is 2.75. The Bertz CT molecular complexity index is 525. The van der Waals surface area contributed by atoms with Gasteiger partial charge >= 0.3 is 0 Å². The molecule has 0 aliphatic rings. The summed E-state index contributed by atoms with van der Waals surface area (Å²) in [5.41, 5.74) is 2.51. The molecule has 0 bridgehead atoms. The maximum absolute atomic E-state index is 4.46. The first-order valence-electron chi connectivity index (χ1n) is 6.63. The molecular weight excluding hydrogens is 236 g/mol. The van der Waals surface area contributed by atoms with Crippen LogP contribution in [0.2, 0.25) is 0 Å². The van der Waals surface area contributed by atoms with Crippen LogP contribution >= 0.6 is 0 Å². The van der Waals surface area contributed by atoms with Crippen LogP contribution < -0.4 is 10.6 Å². The Morgan fingerprint density at radius 3 is 2.63 bits per heavy atom. The molecule has 1 heterocycles. The molecule has 0 unspecified atom stereocenters. The maximum Gasteiger partial charge on any atom is 0.147 e. The number of anilines is 2. The zero-order valence-corrected chi connectivity index (χ0v) is 11.5. The van der Waals surface area contributed by atoms with E-state index in [4.69, 9.17) is 0 Å². The lowest BCUT2D eigenvalue weighted by Crippen LogP contribution is -2.06. The van der Waals surface area contributed by atoms with Crippen LogP contribution in [0.15, 0.2) is 36.7 Å². The topological polar surface area (TPSA) is 49.8 Å². The molecule has 0 fully saturated rings. The van der Waals surface area contributed by atoms with E-state index in [9.17, 15) is 0 Å². The first-order chi connectivity index (χ1) is 9.28. The number of aryl methyl sites for hydroxylation is 1. The van der Waals surface area contributed by atoms with E-state index in [1.165, 1.54) is 11.1 Å². The van der Waals surface area contributed by atoms with Crippen molar-refractivity contribution in [2.24, 2.45) is 0 Å². The summed E-state index contributed by atoms with van der Waals surface area (Å²) in [6, 6.07) is 8.43. The second kappa shape index (κ2) is 6.73. The van der Waals surface area contributed by atoms with Gasteiger partial charge in [-0.1, -0.05) is 36.8 Å². The van der Waals surface area contributed by atoms with E-state index in [0.717, 1.165) is 31.1 Å². The fraction of sp³-hybridized carbons (Fsp3) is 0.333. The van der Waals surface area contributed by atoms with Crippen molar-refractivity contribution in [3.63, 3.8) is 0 Å². The molecular formula is C15H20N4. The van der Waals surface area contributed by atoms with Gasteiger partial charge in [0.15, 0.2) is 0 Å². The van der Waals surface area contributed by atoms with Crippen LogP contribution in [0, 0.1) is 6.92 Å². The Hall–Kier alpha value is -2.10. The van der Waals surface area contributed by atoms with E-state index in [0.29, 0.717) is 0 Å². The van der Waals surface area contributed by atoms with Gasteiger partial charge in [0.05, 0.1) is 12.4 Å². The highest BCUT2D eigenvalue weighted by Gasteiger charge is 1.98. The molecule has 0 amide bonds. The van der Waals surface area contributed by atoms with Gasteiger partial charge in [0.25, 0.3) is 0 Å². The molecule has 100 valence electrons. The van der Waals surface area contributed by atoms with E-state index in [-0.39, 0.29) is 0 Å². The van der Waals surface area contributed by atoms with Crippen LogP contribution in [-0.2, 0) is 6.54 Å². The van der Waals surface area contributed by atoms with Crippen LogP contribution in [0.1, 0.15) is 24.5 Å². The smallest absolute Gasteiger partial charge is 0.147 e. The fourth-order valence-corrected chi connectivity index (χ4v) is 1.80. The Morgan fingerprint density at radius 1 is 1.11 bits per heavy atom. The summed E-state index contributed by atoms with van der Waals surface area (Å²) in [5.74, 6) is 1.61. The zero-order chi connectivity index (χ0) is 13.5. The molecule has 0 spiro atoms. The van der Waals surface area contributed by atoms with Gasteiger partial charge < -0.3 is 10.6 Å². The third kappa shape index (κ3) is 4.25. The number of rotatable bonds is 6. The number of hydrogen-bond donors (Lipinski definition) is 2. The number of nitrogens with zero attached hydrogens (tertiary/aromatic N) is 2. The summed E-state index contributed by atoms with van der Waals surface area (Å²) < 4.78 is 0. The fourth-order valence-electron chi connectivity index (χ4n) is 1.80. The number of nitrogens with one attached hydrogen (secondary N) is 2. The summed E-state index contributed by atoms with van der Waals surface area (Å²) >= 11 is 0. The zero-order valence-electron chi connectivity index (χ0n) is 11.5. The van der Waals surface area contributed by atoms with Gasteiger partial charge in [0.2, 0.25) is 0 Å². The summed E-state index contributed by atoms with van der Waals surface area (Å²) in [7, 11) is 0. The molecule has 0 radical (unpaired) electrons. The minimum atomic E-state index is 0.758. The van der Waals surface area contributed by atoms with E-state index in [1.807, 2.05) is 0 Å². The van der Waals surface area contributed by atoms with E-state index < -0.39 is 0 Å². The van der Waals surface area contributed by atoms with E-state index in [2.05, 4.69) is 58.7 Å². The van der Waals surface area contributed by atoms with Crippen molar-refractivity contribution in [3.05, 3.63) is 47.8 Å². The minimum Gasteiger partial charge on any atom is -0.369 e. The molecule has 2 aromatic rings. The molecule has 4 heteroatoms. The monoisotopic (exact) mass is 256 g/mol. The van der Waals surface area contributed by atoms with Gasteiger partial charge in [-0.15, -0.1) is 0 Å². The molecule has 0 saturated heterocycles. The van der Waals surface area contributed by atoms with Crippen LogP contribution in [0.3, 0.4) is 0 Å². The van der Waals surface area contributed by atoms with E-state index in [1.54, 1.807) is 12.4 Å². The van der Waals surface area contributed by atoms with Gasteiger partial charge in [0, 0.05) is 13.1 Å². The number of hydrogen-bond acceptors (Lipinski definition) is 4. The molecule has 1 aromatic heterocycles. The van der Waals surface area contributed by atoms with Gasteiger partial charge in [-0.2, -0.15) is 0 Å².